The standard InChI is InChI=1S/C22H20O5/c1-25-21(23)15-8-6-14(7-9-15)13-26-16-10-11-18-17-4-2-3-5-19(17)22(24)27-20(18)12-16/h6-12H,2-5,13H2,1H3. The summed E-state index contributed by atoms with van der Waals surface area (Å²) in [5.41, 5.74) is 3.71. The minimum absolute atomic E-state index is 0.229. The number of ether oxygens (including phenoxy) is 2. The van der Waals surface area contributed by atoms with Crippen LogP contribution in [0.25, 0.3) is 11.0 Å². The summed E-state index contributed by atoms with van der Waals surface area (Å²) in [6, 6.07) is 12.7. The van der Waals surface area contributed by atoms with Crippen LogP contribution in [0.2, 0.25) is 0 Å². The van der Waals surface area contributed by atoms with Crippen molar-refractivity contribution in [1.29, 1.82) is 0 Å². The lowest BCUT2D eigenvalue weighted by Gasteiger charge is -2.16. The Morgan fingerprint density at radius 3 is 2.52 bits per heavy atom. The van der Waals surface area contributed by atoms with Crippen molar-refractivity contribution in [3.8, 4) is 5.75 Å². The molecule has 0 N–H and O–H groups in total. The maximum Gasteiger partial charge on any atom is 0.339 e. The van der Waals surface area contributed by atoms with Gasteiger partial charge in [-0.2, -0.15) is 0 Å². The second-order valence-corrected chi connectivity index (χ2v) is 6.69. The third kappa shape index (κ3) is 3.45. The number of hydrogen-bond donors (Lipinski definition) is 0. The summed E-state index contributed by atoms with van der Waals surface area (Å²) in [6.45, 7) is 0.349. The molecular weight excluding hydrogens is 344 g/mol. The van der Waals surface area contributed by atoms with Gasteiger partial charge < -0.3 is 13.9 Å². The van der Waals surface area contributed by atoms with Crippen LogP contribution in [-0.2, 0) is 24.2 Å². The molecule has 0 saturated carbocycles. The molecule has 0 fully saturated rings. The lowest BCUT2D eigenvalue weighted by Crippen LogP contribution is -2.15. The number of aryl methyl sites for hydroxylation is 1. The van der Waals surface area contributed by atoms with Crippen LogP contribution in [0.3, 0.4) is 0 Å². The molecule has 0 saturated heterocycles. The molecule has 0 spiro atoms. The first-order valence-electron chi connectivity index (χ1n) is 9.04. The van der Waals surface area contributed by atoms with E-state index in [2.05, 4.69) is 4.74 Å². The summed E-state index contributed by atoms with van der Waals surface area (Å²) >= 11 is 0. The van der Waals surface area contributed by atoms with Crippen LogP contribution in [0.4, 0.5) is 0 Å². The van der Waals surface area contributed by atoms with Gasteiger partial charge in [-0.15, -0.1) is 0 Å². The molecule has 3 aromatic rings. The second-order valence-electron chi connectivity index (χ2n) is 6.69. The SMILES string of the molecule is COC(=O)c1ccc(COc2ccc3c4c(c(=O)oc3c2)CCCC4)cc1. The molecule has 0 bridgehead atoms. The van der Waals surface area contributed by atoms with Crippen LogP contribution in [0.15, 0.2) is 51.7 Å². The maximum absolute atomic E-state index is 12.2. The molecule has 27 heavy (non-hydrogen) atoms. The van der Waals surface area contributed by atoms with Gasteiger partial charge in [-0.3, -0.25) is 0 Å². The third-order valence-electron chi connectivity index (χ3n) is 4.98. The highest BCUT2D eigenvalue weighted by Gasteiger charge is 2.18. The number of carbonyl (C=O) groups is 1. The Morgan fingerprint density at radius 1 is 1.04 bits per heavy atom. The van der Waals surface area contributed by atoms with E-state index in [1.165, 1.54) is 7.11 Å². The topological polar surface area (TPSA) is 65.7 Å². The molecule has 1 aliphatic carbocycles. The molecule has 0 unspecified atom stereocenters. The van der Waals surface area contributed by atoms with E-state index in [0.29, 0.717) is 23.5 Å². The molecule has 1 aromatic heterocycles. The van der Waals surface area contributed by atoms with Gasteiger partial charge >= 0.3 is 11.6 Å². The van der Waals surface area contributed by atoms with E-state index in [-0.39, 0.29) is 11.6 Å². The van der Waals surface area contributed by atoms with E-state index >= 15 is 0 Å². The van der Waals surface area contributed by atoms with Crippen LogP contribution < -0.4 is 10.4 Å². The average molecular weight is 364 g/mol. The predicted octanol–water partition coefficient (Wildman–Crippen LogP) is 4.04. The fourth-order valence-electron chi connectivity index (χ4n) is 3.54. The Morgan fingerprint density at radius 2 is 1.78 bits per heavy atom. The summed E-state index contributed by atoms with van der Waals surface area (Å²) in [7, 11) is 1.36. The van der Waals surface area contributed by atoms with Crippen molar-refractivity contribution in [2.45, 2.75) is 32.3 Å². The summed E-state index contributed by atoms with van der Waals surface area (Å²) in [5, 5.41) is 0.999. The van der Waals surface area contributed by atoms with Crippen LogP contribution in [-0.4, -0.2) is 13.1 Å². The molecule has 0 radical (unpaired) electrons. The molecule has 0 amide bonds. The van der Waals surface area contributed by atoms with Crippen molar-refractivity contribution in [1.82, 2.24) is 0 Å². The van der Waals surface area contributed by atoms with Crippen molar-refractivity contribution in [2.24, 2.45) is 0 Å². The Balaban J connectivity index is 1.54. The quantitative estimate of drug-likeness (QED) is 0.516. The van der Waals surface area contributed by atoms with E-state index in [4.69, 9.17) is 9.15 Å². The lowest BCUT2D eigenvalue weighted by molar-refractivity contribution is 0.0600. The lowest BCUT2D eigenvalue weighted by atomic mass is 9.91. The molecule has 2 aromatic carbocycles. The number of methoxy groups -OCH3 is 1. The van der Waals surface area contributed by atoms with Crippen molar-refractivity contribution in [2.75, 3.05) is 7.11 Å². The van der Waals surface area contributed by atoms with Gasteiger partial charge in [-0.05, 0) is 61.1 Å². The van der Waals surface area contributed by atoms with Crippen LogP contribution in [0.5, 0.6) is 5.75 Å². The predicted molar refractivity (Wildman–Crippen MR) is 101 cm³/mol. The average Bonchev–Trinajstić information content (AvgIpc) is 2.72. The van der Waals surface area contributed by atoms with Gasteiger partial charge in [-0.1, -0.05) is 12.1 Å². The highest BCUT2D eigenvalue weighted by Crippen LogP contribution is 2.29. The van der Waals surface area contributed by atoms with E-state index in [9.17, 15) is 9.59 Å². The normalized spacial score (nSPS) is 13.2. The van der Waals surface area contributed by atoms with Crippen LogP contribution in [0.1, 0.15) is 39.9 Å². The van der Waals surface area contributed by atoms with Gasteiger partial charge in [0.05, 0.1) is 12.7 Å². The minimum atomic E-state index is -0.365. The number of fused-ring (bicyclic) bond motifs is 3. The number of rotatable bonds is 4. The van der Waals surface area contributed by atoms with E-state index < -0.39 is 0 Å². The van der Waals surface area contributed by atoms with Crippen molar-refractivity contribution in [3.63, 3.8) is 0 Å². The smallest absolute Gasteiger partial charge is 0.339 e. The maximum atomic E-state index is 12.2. The van der Waals surface area contributed by atoms with Crippen molar-refractivity contribution in [3.05, 3.63) is 75.1 Å². The molecule has 0 atom stereocenters. The highest BCUT2D eigenvalue weighted by atomic mass is 16.5. The zero-order chi connectivity index (χ0) is 18.8. The van der Waals surface area contributed by atoms with Gasteiger partial charge in [0.15, 0.2) is 0 Å². The Kier molecular flexibility index (Phi) is 4.67. The second kappa shape index (κ2) is 7.27. The van der Waals surface area contributed by atoms with Crippen molar-refractivity contribution >= 4 is 16.9 Å². The largest absolute Gasteiger partial charge is 0.489 e. The first kappa shape index (κ1) is 17.3. The molecule has 5 nitrogen and oxygen atoms in total. The Bertz CT molecular complexity index is 1050. The van der Waals surface area contributed by atoms with E-state index in [1.54, 1.807) is 18.2 Å². The fourth-order valence-corrected chi connectivity index (χ4v) is 3.54. The molecule has 138 valence electrons. The first-order valence-corrected chi connectivity index (χ1v) is 9.04. The number of carbonyl (C=O) groups excluding carboxylic acids is 1. The fraction of sp³-hybridized carbons (Fsp3) is 0.273. The number of benzene rings is 2. The molecule has 4 rings (SSSR count). The molecule has 5 heteroatoms. The highest BCUT2D eigenvalue weighted by molar-refractivity contribution is 5.89. The summed E-state index contributed by atoms with van der Waals surface area (Å²) in [6.07, 6.45) is 3.86. The van der Waals surface area contributed by atoms with Gasteiger partial charge in [0.25, 0.3) is 0 Å². The first-order chi connectivity index (χ1) is 13.2. The van der Waals surface area contributed by atoms with Crippen LogP contribution >= 0.6 is 0 Å². The number of hydrogen-bond acceptors (Lipinski definition) is 5. The molecule has 0 aliphatic heterocycles. The van der Waals surface area contributed by atoms with Gasteiger partial charge in [0.1, 0.15) is 17.9 Å². The number of esters is 1. The van der Waals surface area contributed by atoms with Crippen LogP contribution in [0, 0.1) is 0 Å². The summed E-state index contributed by atoms with van der Waals surface area (Å²) in [4.78, 5) is 23.7. The monoisotopic (exact) mass is 364 g/mol. The Hall–Kier alpha value is -3.08. The van der Waals surface area contributed by atoms with Gasteiger partial charge in [-0.25, -0.2) is 9.59 Å². The van der Waals surface area contributed by atoms with E-state index in [1.807, 2.05) is 24.3 Å². The molecular formula is C22H20O5. The zero-order valence-corrected chi connectivity index (χ0v) is 15.1. The summed E-state index contributed by atoms with van der Waals surface area (Å²) < 4.78 is 16.0. The molecule has 1 heterocycles. The zero-order valence-electron chi connectivity index (χ0n) is 15.1. The minimum Gasteiger partial charge on any atom is -0.489 e. The van der Waals surface area contributed by atoms with Gasteiger partial charge in [0, 0.05) is 17.0 Å². The van der Waals surface area contributed by atoms with Crippen molar-refractivity contribution < 1.29 is 18.7 Å². The molecule has 1 aliphatic rings. The summed E-state index contributed by atoms with van der Waals surface area (Å²) in [5.74, 6) is 0.272. The third-order valence-corrected chi connectivity index (χ3v) is 4.98. The van der Waals surface area contributed by atoms with E-state index in [0.717, 1.165) is 47.8 Å². The Labute approximate surface area is 156 Å². The van der Waals surface area contributed by atoms with Gasteiger partial charge in [0.2, 0.25) is 0 Å².